The van der Waals surface area contributed by atoms with Gasteiger partial charge < -0.3 is 24.4 Å². The Hall–Kier alpha value is -3.91. The summed E-state index contributed by atoms with van der Waals surface area (Å²) in [7, 11) is 1.87. The van der Waals surface area contributed by atoms with E-state index in [1.165, 1.54) is 12.4 Å². The highest BCUT2D eigenvalue weighted by molar-refractivity contribution is 7.19. The summed E-state index contributed by atoms with van der Waals surface area (Å²) >= 11 is 1.62. The standard InChI is InChI=1S/C25H27N7O5S/c1-31(25-26-13-17(14-27-25)24(34)30-35)15-19-12-20-21(38-19)23(32-6-9-36-10-7-32)29-22(28-20)16-2-4-18(5-3-16)37-11-8-33/h2-5,12-14,33,35H,6-11,15H2,1H3,(H,30,34). The number of anilines is 2. The van der Waals surface area contributed by atoms with Crippen LogP contribution in [-0.2, 0) is 11.3 Å². The number of hydrogen-bond donors (Lipinski definition) is 3. The first-order valence-corrected chi connectivity index (χ1v) is 12.8. The molecular formula is C25H27N7O5S. The molecule has 12 nitrogen and oxygen atoms in total. The summed E-state index contributed by atoms with van der Waals surface area (Å²) in [5, 5.41) is 17.8. The summed E-state index contributed by atoms with van der Waals surface area (Å²) < 4.78 is 12.0. The van der Waals surface area contributed by atoms with Crippen LogP contribution in [0.1, 0.15) is 15.2 Å². The first-order chi connectivity index (χ1) is 18.6. The summed E-state index contributed by atoms with van der Waals surface area (Å²) in [5.74, 6) is 1.95. The van der Waals surface area contributed by atoms with E-state index in [9.17, 15) is 4.79 Å². The third-order valence-electron chi connectivity index (χ3n) is 5.92. The summed E-state index contributed by atoms with van der Waals surface area (Å²) in [6, 6.07) is 9.57. The number of nitrogens with zero attached hydrogens (tertiary/aromatic N) is 6. The van der Waals surface area contributed by atoms with E-state index in [-0.39, 0.29) is 18.8 Å². The number of thiophene rings is 1. The van der Waals surface area contributed by atoms with E-state index in [0.717, 1.165) is 39.6 Å². The summed E-state index contributed by atoms with van der Waals surface area (Å²) in [5.41, 5.74) is 3.45. The number of aliphatic hydroxyl groups excluding tert-OH is 1. The van der Waals surface area contributed by atoms with Gasteiger partial charge in [-0.1, -0.05) is 0 Å². The largest absolute Gasteiger partial charge is 0.491 e. The molecule has 0 aliphatic carbocycles. The number of nitrogens with one attached hydrogen (secondary N) is 1. The number of rotatable bonds is 9. The molecule has 3 N–H and O–H groups in total. The van der Waals surface area contributed by atoms with E-state index in [0.29, 0.717) is 37.3 Å². The molecule has 4 heterocycles. The molecule has 1 aromatic carbocycles. The second-order valence-corrected chi connectivity index (χ2v) is 9.70. The fourth-order valence-corrected chi connectivity index (χ4v) is 5.20. The van der Waals surface area contributed by atoms with Crippen molar-refractivity contribution in [1.29, 1.82) is 0 Å². The van der Waals surface area contributed by atoms with Gasteiger partial charge >= 0.3 is 0 Å². The van der Waals surface area contributed by atoms with Gasteiger partial charge in [0.1, 0.15) is 12.4 Å². The van der Waals surface area contributed by atoms with Crippen molar-refractivity contribution in [3.05, 3.63) is 53.2 Å². The highest BCUT2D eigenvalue weighted by Crippen LogP contribution is 2.35. The Morgan fingerprint density at radius 1 is 1.18 bits per heavy atom. The van der Waals surface area contributed by atoms with Crippen LogP contribution >= 0.6 is 11.3 Å². The number of morpholine rings is 1. The van der Waals surface area contributed by atoms with Crippen LogP contribution in [0, 0.1) is 0 Å². The summed E-state index contributed by atoms with van der Waals surface area (Å²) in [6.45, 7) is 3.49. The van der Waals surface area contributed by atoms with Crippen molar-refractivity contribution < 1.29 is 24.6 Å². The first kappa shape index (κ1) is 25.7. The predicted molar refractivity (Wildman–Crippen MR) is 142 cm³/mol. The van der Waals surface area contributed by atoms with Crippen molar-refractivity contribution in [2.24, 2.45) is 0 Å². The maximum Gasteiger partial charge on any atom is 0.277 e. The molecule has 0 saturated carbocycles. The van der Waals surface area contributed by atoms with Crippen molar-refractivity contribution in [2.75, 3.05) is 56.4 Å². The molecule has 1 aliphatic heterocycles. The molecule has 3 aromatic heterocycles. The smallest absolute Gasteiger partial charge is 0.277 e. The van der Waals surface area contributed by atoms with Gasteiger partial charge in [0, 0.05) is 43.0 Å². The fraction of sp³-hybridized carbons (Fsp3) is 0.320. The monoisotopic (exact) mass is 537 g/mol. The maximum absolute atomic E-state index is 11.5. The lowest BCUT2D eigenvalue weighted by Gasteiger charge is -2.28. The third-order valence-corrected chi connectivity index (χ3v) is 7.03. The lowest BCUT2D eigenvalue weighted by Crippen LogP contribution is -2.36. The van der Waals surface area contributed by atoms with E-state index >= 15 is 0 Å². The molecule has 0 atom stereocenters. The van der Waals surface area contributed by atoms with Crippen molar-refractivity contribution in [2.45, 2.75) is 6.54 Å². The molecule has 1 aliphatic rings. The van der Waals surface area contributed by atoms with Gasteiger partial charge in [0.05, 0.1) is 42.1 Å². The predicted octanol–water partition coefficient (Wildman–Crippen LogP) is 2.11. The topological polar surface area (TPSA) is 146 Å². The van der Waals surface area contributed by atoms with E-state index in [1.54, 1.807) is 16.8 Å². The molecule has 0 radical (unpaired) electrons. The molecule has 1 saturated heterocycles. The van der Waals surface area contributed by atoms with Crippen LogP contribution < -0.4 is 20.0 Å². The third kappa shape index (κ3) is 5.65. The van der Waals surface area contributed by atoms with Crippen LogP contribution in [0.3, 0.4) is 0 Å². The van der Waals surface area contributed by atoms with Gasteiger partial charge in [-0.2, -0.15) is 0 Å². The Balaban J connectivity index is 1.44. The van der Waals surface area contributed by atoms with Gasteiger partial charge in [0.25, 0.3) is 5.91 Å². The molecule has 198 valence electrons. The number of aliphatic hydroxyl groups is 1. The van der Waals surface area contributed by atoms with E-state index in [4.69, 9.17) is 29.8 Å². The summed E-state index contributed by atoms with van der Waals surface area (Å²) in [4.78, 5) is 35.0. The molecule has 5 rings (SSSR count). The van der Waals surface area contributed by atoms with Gasteiger partial charge in [-0.25, -0.2) is 25.4 Å². The van der Waals surface area contributed by atoms with Gasteiger partial charge in [-0.15, -0.1) is 11.3 Å². The second kappa shape index (κ2) is 11.6. The zero-order chi connectivity index (χ0) is 26.5. The first-order valence-electron chi connectivity index (χ1n) is 12.0. The minimum Gasteiger partial charge on any atom is -0.491 e. The number of hydrogen-bond acceptors (Lipinski definition) is 12. The number of amides is 1. The van der Waals surface area contributed by atoms with Crippen LogP contribution in [-0.4, -0.2) is 82.7 Å². The van der Waals surface area contributed by atoms with Crippen LogP contribution in [0.2, 0.25) is 0 Å². The molecule has 4 aromatic rings. The molecule has 13 heteroatoms. The quantitative estimate of drug-likeness (QED) is 0.213. The maximum atomic E-state index is 11.5. The Morgan fingerprint density at radius 2 is 1.92 bits per heavy atom. The number of ether oxygens (including phenoxy) is 2. The number of hydroxylamine groups is 1. The average molecular weight is 538 g/mol. The molecule has 38 heavy (non-hydrogen) atoms. The highest BCUT2D eigenvalue weighted by atomic mass is 32.1. The number of fused-ring (bicyclic) bond motifs is 1. The average Bonchev–Trinajstić information content (AvgIpc) is 3.38. The molecule has 0 unspecified atom stereocenters. The fourth-order valence-electron chi connectivity index (χ4n) is 4.03. The van der Waals surface area contributed by atoms with Crippen molar-refractivity contribution in [1.82, 2.24) is 25.4 Å². The number of carbonyl (C=O) groups is 1. The number of benzene rings is 1. The SMILES string of the molecule is CN(Cc1cc2nc(-c3ccc(OCCO)cc3)nc(N3CCOCC3)c2s1)c1ncc(C(=O)NO)cn1. The minimum atomic E-state index is -0.666. The zero-order valence-corrected chi connectivity index (χ0v) is 21.5. The van der Waals surface area contributed by atoms with E-state index in [1.807, 2.05) is 36.2 Å². The Labute approximate surface area is 222 Å². The number of carbonyl (C=O) groups excluding carboxylic acids is 1. The van der Waals surface area contributed by atoms with Crippen LogP contribution in [0.25, 0.3) is 21.6 Å². The lowest BCUT2D eigenvalue weighted by atomic mass is 10.2. The second-order valence-electron chi connectivity index (χ2n) is 8.56. The van der Waals surface area contributed by atoms with Gasteiger partial charge in [-0.05, 0) is 30.3 Å². The Morgan fingerprint density at radius 3 is 2.61 bits per heavy atom. The minimum absolute atomic E-state index is 0.0432. The summed E-state index contributed by atoms with van der Waals surface area (Å²) in [6.07, 6.45) is 2.73. The van der Waals surface area contributed by atoms with Crippen LogP contribution in [0.5, 0.6) is 5.75 Å². The molecule has 1 amide bonds. The molecule has 0 spiro atoms. The highest BCUT2D eigenvalue weighted by Gasteiger charge is 2.21. The van der Waals surface area contributed by atoms with Crippen LogP contribution in [0.15, 0.2) is 42.7 Å². The van der Waals surface area contributed by atoms with Gasteiger partial charge in [-0.3, -0.25) is 10.0 Å². The molecule has 1 fully saturated rings. The van der Waals surface area contributed by atoms with Crippen molar-refractivity contribution in [3.63, 3.8) is 0 Å². The van der Waals surface area contributed by atoms with Crippen LogP contribution in [0.4, 0.5) is 11.8 Å². The zero-order valence-electron chi connectivity index (χ0n) is 20.7. The van der Waals surface area contributed by atoms with E-state index in [2.05, 4.69) is 20.9 Å². The lowest BCUT2D eigenvalue weighted by molar-refractivity contribution is 0.0705. The van der Waals surface area contributed by atoms with Gasteiger partial charge in [0.2, 0.25) is 5.95 Å². The van der Waals surface area contributed by atoms with Crippen molar-refractivity contribution in [3.8, 4) is 17.1 Å². The molecule has 0 bridgehead atoms. The van der Waals surface area contributed by atoms with Crippen molar-refractivity contribution >= 4 is 39.2 Å². The molecular weight excluding hydrogens is 510 g/mol. The Kier molecular flexibility index (Phi) is 7.89. The Bertz CT molecular complexity index is 1390. The van der Waals surface area contributed by atoms with E-state index < -0.39 is 5.91 Å². The number of aromatic nitrogens is 4. The normalized spacial score (nSPS) is 13.5. The van der Waals surface area contributed by atoms with Gasteiger partial charge in [0.15, 0.2) is 11.6 Å².